The van der Waals surface area contributed by atoms with Gasteiger partial charge >= 0.3 is 0 Å². The zero-order valence-corrected chi connectivity index (χ0v) is 17.5. The second-order valence-electron chi connectivity index (χ2n) is 8.58. The van der Waals surface area contributed by atoms with E-state index in [0.717, 1.165) is 36.7 Å². The van der Waals surface area contributed by atoms with E-state index in [4.69, 9.17) is 9.47 Å². The number of likely N-dealkylation sites (tertiary alicyclic amines) is 1. The van der Waals surface area contributed by atoms with Crippen LogP contribution in [0.4, 0.5) is 0 Å². The Hall–Kier alpha value is -2.87. The maximum Gasteiger partial charge on any atom is 0.233 e. The highest BCUT2D eigenvalue weighted by molar-refractivity contribution is 6.05. The Morgan fingerprint density at radius 2 is 1.61 bits per heavy atom. The standard InChI is InChI=1S/C23H27N3O5/c27-21(7-8-26-22(28)17-3-1-2-4-18(17)23(26)29)25-11-9-24(10-12-25)14-16-5-6-19-20(13-16)31-15-30-19/h1-2,5-6,13,17-18H,3-4,7-12,14-15H2/t17-,18+. The van der Waals surface area contributed by atoms with Crippen molar-refractivity contribution in [3.05, 3.63) is 35.9 Å². The smallest absolute Gasteiger partial charge is 0.233 e. The lowest BCUT2D eigenvalue weighted by molar-refractivity contribution is -0.141. The monoisotopic (exact) mass is 425 g/mol. The van der Waals surface area contributed by atoms with Gasteiger partial charge in [-0.15, -0.1) is 0 Å². The molecule has 3 amide bonds. The van der Waals surface area contributed by atoms with E-state index in [-0.39, 0.29) is 49.3 Å². The maximum absolute atomic E-state index is 12.7. The van der Waals surface area contributed by atoms with Gasteiger partial charge in [-0.3, -0.25) is 24.2 Å². The molecular weight excluding hydrogens is 398 g/mol. The van der Waals surface area contributed by atoms with Crippen molar-refractivity contribution in [1.82, 2.24) is 14.7 Å². The molecule has 0 saturated carbocycles. The SMILES string of the molecule is O=C(CCN1C(=O)[C@H]2CC=CC[C@H]2C1=O)N1CCN(Cc2ccc3c(c2)OCO3)CC1. The number of amides is 3. The van der Waals surface area contributed by atoms with Gasteiger partial charge in [0, 0.05) is 45.7 Å². The molecule has 0 spiro atoms. The van der Waals surface area contributed by atoms with Gasteiger partial charge in [-0.2, -0.15) is 0 Å². The van der Waals surface area contributed by atoms with Crippen LogP contribution in [0.5, 0.6) is 11.5 Å². The third-order valence-electron chi connectivity index (χ3n) is 6.72. The fourth-order valence-corrected chi connectivity index (χ4v) is 4.91. The third kappa shape index (κ3) is 3.92. The van der Waals surface area contributed by atoms with Gasteiger partial charge < -0.3 is 14.4 Å². The van der Waals surface area contributed by atoms with Crippen LogP contribution in [-0.4, -0.2) is 71.9 Å². The topological polar surface area (TPSA) is 79.4 Å². The van der Waals surface area contributed by atoms with Crippen molar-refractivity contribution < 1.29 is 23.9 Å². The Morgan fingerprint density at radius 3 is 2.32 bits per heavy atom. The Bertz CT molecular complexity index is 896. The van der Waals surface area contributed by atoms with Crippen LogP contribution in [0.3, 0.4) is 0 Å². The van der Waals surface area contributed by atoms with Crippen molar-refractivity contribution in [1.29, 1.82) is 0 Å². The number of rotatable bonds is 5. The van der Waals surface area contributed by atoms with Crippen LogP contribution in [0, 0.1) is 11.8 Å². The lowest BCUT2D eigenvalue weighted by Gasteiger charge is -2.35. The third-order valence-corrected chi connectivity index (χ3v) is 6.72. The minimum absolute atomic E-state index is 0.0105. The van der Waals surface area contributed by atoms with Crippen molar-refractivity contribution in [2.24, 2.45) is 11.8 Å². The Balaban J connectivity index is 1.09. The summed E-state index contributed by atoms with van der Waals surface area (Å²) in [6, 6.07) is 5.99. The summed E-state index contributed by atoms with van der Waals surface area (Å²) in [5.41, 5.74) is 1.16. The van der Waals surface area contributed by atoms with Crippen molar-refractivity contribution in [2.45, 2.75) is 25.8 Å². The van der Waals surface area contributed by atoms with E-state index in [1.54, 1.807) is 0 Å². The first kappa shape index (κ1) is 20.1. The largest absolute Gasteiger partial charge is 0.454 e. The number of nitrogens with zero attached hydrogens (tertiary/aromatic N) is 3. The molecule has 1 aromatic carbocycles. The summed E-state index contributed by atoms with van der Waals surface area (Å²) < 4.78 is 10.8. The van der Waals surface area contributed by atoms with Gasteiger partial charge in [0.15, 0.2) is 11.5 Å². The Morgan fingerprint density at radius 1 is 0.935 bits per heavy atom. The van der Waals surface area contributed by atoms with Crippen LogP contribution in [0.15, 0.2) is 30.4 Å². The summed E-state index contributed by atoms with van der Waals surface area (Å²) in [4.78, 5) is 43.3. The van der Waals surface area contributed by atoms with Crippen molar-refractivity contribution in [2.75, 3.05) is 39.5 Å². The van der Waals surface area contributed by atoms with Crippen LogP contribution < -0.4 is 9.47 Å². The minimum atomic E-state index is -0.229. The number of imide groups is 1. The summed E-state index contributed by atoms with van der Waals surface area (Å²) in [7, 11) is 0. The highest BCUT2D eigenvalue weighted by Gasteiger charge is 2.47. The second-order valence-corrected chi connectivity index (χ2v) is 8.58. The van der Waals surface area contributed by atoms with Crippen molar-refractivity contribution >= 4 is 17.7 Å². The number of allylic oxidation sites excluding steroid dienone is 2. The molecule has 164 valence electrons. The molecule has 5 rings (SSSR count). The van der Waals surface area contributed by atoms with Gasteiger partial charge in [-0.1, -0.05) is 18.2 Å². The predicted octanol–water partition coefficient (Wildman–Crippen LogP) is 1.40. The van der Waals surface area contributed by atoms with Gasteiger partial charge in [0.25, 0.3) is 0 Å². The first-order chi connectivity index (χ1) is 15.1. The molecular formula is C23H27N3O5. The van der Waals surface area contributed by atoms with Crippen LogP contribution in [0.25, 0.3) is 0 Å². The van der Waals surface area contributed by atoms with Gasteiger partial charge in [0.1, 0.15) is 0 Å². The number of benzene rings is 1. The van der Waals surface area contributed by atoms with E-state index in [0.29, 0.717) is 25.9 Å². The number of hydrogen-bond acceptors (Lipinski definition) is 6. The zero-order chi connectivity index (χ0) is 21.4. The van der Waals surface area contributed by atoms with E-state index in [1.165, 1.54) is 4.90 Å². The number of carbonyl (C=O) groups is 3. The quantitative estimate of drug-likeness (QED) is 0.524. The molecule has 0 unspecified atom stereocenters. The Kier molecular flexibility index (Phi) is 5.40. The van der Waals surface area contributed by atoms with Gasteiger partial charge in [0.2, 0.25) is 24.5 Å². The van der Waals surface area contributed by atoms with Crippen molar-refractivity contribution in [3.8, 4) is 11.5 Å². The molecule has 1 aromatic rings. The molecule has 2 saturated heterocycles. The second kappa shape index (κ2) is 8.34. The molecule has 1 aliphatic carbocycles. The molecule has 3 aliphatic heterocycles. The summed E-state index contributed by atoms with van der Waals surface area (Å²) in [6.45, 7) is 4.15. The summed E-state index contributed by atoms with van der Waals surface area (Å²) in [6.07, 6.45) is 5.41. The molecule has 2 atom stereocenters. The number of hydrogen-bond donors (Lipinski definition) is 0. The summed E-state index contributed by atoms with van der Waals surface area (Å²) in [5, 5.41) is 0. The number of carbonyl (C=O) groups excluding carboxylic acids is 3. The van der Waals surface area contributed by atoms with E-state index in [9.17, 15) is 14.4 Å². The molecule has 8 nitrogen and oxygen atoms in total. The fraction of sp³-hybridized carbons (Fsp3) is 0.522. The molecule has 0 N–H and O–H groups in total. The molecule has 3 heterocycles. The fourth-order valence-electron chi connectivity index (χ4n) is 4.91. The molecule has 2 fully saturated rings. The van der Waals surface area contributed by atoms with E-state index in [2.05, 4.69) is 4.90 Å². The minimum Gasteiger partial charge on any atom is -0.454 e. The molecule has 0 aromatic heterocycles. The summed E-state index contributed by atoms with van der Waals surface area (Å²) >= 11 is 0. The van der Waals surface area contributed by atoms with Crippen LogP contribution in [0.1, 0.15) is 24.8 Å². The average Bonchev–Trinajstić information content (AvgIpc) is 3.35. The summed E-state index contributed by atoms with van der Waals surface area (Å²) in [5.74, 6) is 0.898. The zero-order valence-electron chi connectivity index (χ0n) is 17.5. The highest BCUT2D eigenvalue weighted by atomic mass is 16.7. The van der Waals surface area contributed by atoms with Gasteiger partial charge in [-0.25, -0.2) is 0 Å². The Labute approximate surface area is 181 Å². The lowest BCUT2D eigenvalue weighted by Crippen LogP contribution is -2.49. The lowest BCUT2D eigenvalue weighted by atomic mass is 9.85. The average molecular weight is 425 g/mol. The molecule has 0 bridgehead atoms. The van der Waals surface area contributed by atoms with Gasteiger partial charge in [-0.05, 0) is 30.5 Å². The number of piperazine rings is 1. The first-order valence-corrected chi connectivity index (χ1v) is 11.0. The molecule has 0 radical (unpaired) electrons. The van der Waals surface area contributed by atoms with E-state index < -0.39 is 0 Å². The van der Waals surface area contributed by atoms with Crippen LogP contribution in [0.2, 0.25) is 0 Å². The molecule has 4 aliphatic rings. The van der Waals surface area contributed by atoms with Crippen LogP contribution in [-0.2, 0) is 20.9 Å². The van der Waals surface area contributed by atoms with E-state index >= 15 is 0 Å². The highest BCUT2D eigenvalue weighted by Crippen LogP contribution is 2.35. The maximum atomic E-state index is 12.7. The number of fused-ring (bicyclic) bond motifs is 2. The van der Waals surface area contributed by atoms with Crippen molar-refractivity contribution in [3.63, 3.8) is 0 Å². The molecule has 8 heteroatoms. The molecule has 31 heavy (non-hydrogen) atoms. The van der Waals surface area contributed by atoms with Gasteiger partial charge in [0.05, 0.1) is 11.8 Å². The first-order valence-electron chi connectivity index (χ1n) is 11.0. The van der Waals surface area contributed by atoms with Crippen LogP contribution >= 0.6 is 0 Å². The number of ether oxygens (including phenoxy) is 2. The predicted molar refractivity (Wildman–Crippen MR) is 111 cm³/mol. The van der Waals surface area contributed by atoms with E-state index in [1.807, 2.05) is 35.3 Å². The normalized spacial score (nSPS) is 25.3.